The number of carbonyl (C=O) groups is 5. The van der Waals surface area contributed by atoms with E-state index in [1.165, 1.54) is 12.1 Å². The molecule has 0 aliphatic carbocycles. The predicted octanol–water partition coefficient (Wildman–Crippen LogP) is 2.17. The number of hydrogen-bond donors (Lipinski definition) is 2. The molecule has 4 aliphatic rings. The topological polar surface area (TPSA) is 166 Å². The average Bonchev–Trinajstić information content (AvgIpc) is 3.29. The maximum absolute atomic E-state index is 15.4. The van der Waals surface area contributed by atoms with Crippen molar-refractivity contribution in [2.45, 2.75) is 75.3 Å². The van der Waals surface area contributed by atoms with E-state index in [9.17, 15) is 32.4 Å². The van der Waals surface area contributed by atoms with E-state index in [2.05, 4.69) is 15.5 Å². The quantitative estimate of drug-likeness (QED) is 0.404. The molecule has 6 rings (SSSR count). The third-order valence-electron chi connectivity index (χ3n) is 9.37. The van der Waals surface area contributed by atoms with E-state index in [0.717, 1.165) is 15.3 Å². The standard InChI is InChI=1S/C34H40F2N6O8S/c1-34(2,3)50-33(47)37-26-9-10-41(19-25(26)36)51(48,49)21-6-4-5-20(15-21)18-39-11-13-40(14-12-39)28-17-23-22(16-24(28)35)31(45)42(32(23)46)27-7-8-29(43)38-30(27)44/h4-6,15-17,25-27H,7-14,18-19H2,1-3H3,(H,37,47)(H,38,43,44)/t25-,26+,27-/m1/s1. The fraction of sp³-hybridized carbons (Fsp3) is 0.500. The molecular weight excluding hydrogens is 690 g/mol. The summed E-state index contributed by atoms with van der Waals surface area (Å²) in [5, 5.41) is 4.64. The third-order valence-corrected chi connectivity index (χ3v) is 11.2. The van der Waals surface area contributed by atoms with Crippen molar-refractivity contribution in [2.24, 2.45) is 0 Å². The molecule has 0 saturated carbocycles. The van der Waals surface area contributed by atoms with E-state index in [1.807, 2.05) is 0 Å². The van der Waals surface area contributed by atoms with Crippen molar-refractivity contribution >= 4 is 45.4 Å². The van der Waals surface area contributed by atoms with Crippen LogP contribution < -0.4 is 15.5 Å². The molecule has 0 radical (unpaired) electrons. The zero-order valence-electron chi connectivity index (χ0n) is 28.5. The molecule has 17 heteroatoms. The zero-order chi connectivity index (χ0) is 36.8. The van der Waals surface area contributed by atoms with Crippen LogP contribution in [0.3, 0.4) is 0 Å². The molecule has 274 valence electrons. The van der Waals surface area contributed by atoms with Crippen molar-refractivity contribution in [2.75, 3.05) is 44.2 Å². The van der Waals surface area contributed by atoms with Crippen LogP contribution >= 0.6 is 0 Å². The highest BCUT2D eigenvalue weighted by Crippen LogP contribution is 2.33. The monoisotopic (exact) mass is 730 g/mol. The lowest BCUT2D eigenvalue weighted by Crippen LogP contribution is -2.54. The highest BCUT2D eigenvalue weighted by molar-refractivity contribution is 7.89. The number of piperidine rings is 2. The Bertz CT molecular complexity index is 1880. The van der Waals surface area contributed by atoms with Gasteiger partial charge in [-0.2, -0.15) is 4.31 Å². The van der Waals surface area contributed by atoms with E-state index >= 15 is 8.78 Å². The molecule has 0 bridgehead atoms. The molecule has 2 N–H and O–H groups in total. The molecule has 14 nitrogen and oxygen atoms in total. The van der Waals surface area contributed by atoms with Crippen LogP contribution in [0.25, 0.3) is 0 Å². The average molecular weight is 731 g/mol. The number of benzene rings is 2. The number of piperazine rings is 1. The van der Waals surface area contributed by atoms with E-state index in [0.29, 0.717) is 38.3 Å². The van der Waals surface area contributed by atoms with Crippen LogP contribution in [0.4, 0.5) is 19.3 Å². The van der Waals surface area contributed by atoms with Crippen molar-refractivity contribution in [3.8, 4) is 0 Å². The van der Waals surface area contributed by atoms with E-state index < -0.39 is 76.0 Å². The summed E-state index contributed by atoms with van der Waals surface area (Å²) in [4.78, 5) is 67.0. The lowest BCUT2D eigenvalue weighted by molar-refractivity contribution is -0.136. The summed E-state index contributed by atoms with van der Waals surface area (Å²) in [5.41, 5.74) is -0.0470. The number of nitrogens with zero attached hydrogens (tertiary/aromatic N) is 4. The first-order chi connectivity index (χ1) is 24.0. The van der Waals surface area contributed by atoms with Crippen LogP contribution in [-0.2, 0) is 30.9 Å². The summed E-state index contributed by atoms with van der Waals surface area (Å²) in [5.74, 6) is -3.43. The Labute approximate surface area is 294 Å². The van der Waals surface area contributed by atoms with Gasteiger partial charge in [0.15, 0.2) is 0 Å². The van der Waals surface area contributed by atoms with E-state index in [-0.39, 0.29) is 47.5 Å². The Morgan fingerprint density at radius 2 is 1.67 bits per heavy atom. The Morgan fingerprint density at radius 1 is 0.980 bits per heavy atom. The number of halogens is 2. The number of nitrogens with one attached hydrogen (secondary N) is 2. The maximum atomic E-state index is 15.4. The van der Waals surface area contributed by atoms with Gasteiger partial charge in [-0.1, -0.05) is 12.1 Å². The van der Waals surface area contributed by atoms with Gasteiger partial charge < -0.3 is 15.0 Å². The van der Waals surface area contributed by atoms with Crippen LogP contribution in [-0.4, -0.2) is 115 Å². The van der Waals surface area contributed by atoms with Crippen molar-refractivity contribution < 1.29 is 45.9 Å². The molecule has 3 fully saturated rings. The Hall–Kier alpha value is -4.48. The van der Waals surface area contributed by atoms with Crippen LogP contribution in [0.1, 0.15) is 66.3 Å². The molecule has 4 aliphatic heterocycles. The van der Waals surface area contributed by atoms with Gasteiger partial charge in [-0.3, -0.25) is 34.3 Å². The summed E-state index contributed by atoms with van der Waals surface area (Å²) in [6, 6.07) is 6.74. The minimum atomic E-state index is -4.03. The Morgan fingerprint density at radius 3 is 2.31 bits per heavy atom. The van der Waals surface area contributed by atoms with Crippen molar-refractivity contribution in [1.29, 1.82) is 0 Å². The van der Waals surface area contributed by atoms with Gasteiger partial charge >= 0.3 is 6.09 Å². The first-order valence-electron chi connectivity index (χ1n) is 16.8. The number of sulfonamides is 1. The Kier molecular flexibility index (Phi) is 9.91. The van der Waals surface area contributed by atoms with Gasteiger partial charge in [0, 0.05) is 52.2 Å². The largest absolute Gasteiger partial charge is 0.444 e. The number of fused-ring (bicyclic) bond motifs is 1. The lowest BCUT2D eigenvalue weighted by atomic mass is 10.0. The van der Waals surface area contributed by atoms with Crippen LogP contribution in [0.2, 0.25) is 0 Å². The number of anilines is 1. The second kappa shape index (κ2) is 13.9. The van der Waals surface area contributed by atoms with Gasteiger partial charge in [0.25, 0.3) is 11.8 Å². The second-order valence-electron chi connectivity index (χ2n) is 14.1. The molecule has 5 amide bonds. The van der Waals surface area contributed by atoms with Gasteiger partial charge in [-0.15, -0.1) is 0 Å². The molecule has 51 heavy (non-hydrogen) atoms. The Balaban J connectivity index is 1.06. The van der Waals surface area contributed by atoms with Crippen molar-refractivity contribution in [1.82, 2.24) is 24.7 Å². The third kappa shape index (κ3) is 7.60. The number of amides is 5. The van der Waals surface area contributed by atoms with Gasteiger partial charge in [-0.05, 0) is 63.4 Å². The molecule has 2 aromatic carbocycles. The summed E-state index contributed by atoms with van der Waals surface area (Å²) in [6.07, 6.45) is -2.34. The van der Waals surface area contributed by atoms with Gasteiger partial charge in [0.2, 0.25) is 21.8 Å². The predicted molar refractivity (Wildman–Crippen MR) is 178 cm³/mol. The molecular formula is C34H40F2N6O8S. The second-order valence-corrected chi connectivity index (χ2v) is 16.1. The summed E-state index contributed by atoms with van der Waals surface area (Å²) < 4.78 is 63.7. The lowest BCUT2D eigenvalue weighted by Gasteiger charge is -2.36. The summed E-state index contributed by atoms with van der Waals surface area (Å²) in [6.45, 7) is 6.77. The zero-order valence-corrected chi connectivity index (χ0v) is 29.3. The normalized spacial score (nSPS) is 23.7. The summed E-state index contributed by atoms with van der Waals surface area (Å²) >= 11 is 0. The number of hydrogen-bond acceptors (Lipinski definition) is 10. The number of ether oxygens (including phenoxy) is 1. The summed E-state index contributed by atoms with van der Waals surface area (Å²) in [7, 11) is -4.03. The SMILES string of the molecule is CC(C)(C)OC(=O)N[C@H]1CCN(S(=O)(=O)c2cccc(CN3CCN(c4cc5c(cc4F)C(=O)N([C@@H]4CCC(=O)NC4=O)C5=O)CC3)c2)C[C@H]1F. The molecule has 0 unspecified atom stereocenters. The molecule has 0 spiro atoms. The van der Waals surface area contributed by atoms with Gasteiger partial charge in [-0.25, -0.2) is 22.0 Å². The fourth-order valence-corrected chi connectivity index (χ4v) is 8.33. The molecule has 2 aromatic rings. The number of imide groups is 2. The van der Waals surface area contributed by atoms with Crippen LogP contribution in [0.5, 0.6) is 0 Å². The highest BCUT2D eigenvalue weighted by Gasteiger charge is 2.45. The number of alkyl carbamates (subject to hydrolysis) is 1. The molecule has 0 aromatic heterocycles. The van der Waals surface area contributed by atoms with E-state index in [4.69, 9.17) is 4.74 Å². The molecule has 4 heterocycles. The minimum absolute atomic E-state index is 0.00583. The fourth-order valence-electron chi connectivity index (χ4n) is 6.80. The van der Waals surface area contributed by atoms with Crippen LogP contribution in [0, 0.1) is 5.82 Å². The van der Waals surface area contributed by atoms with Gasteiger partial charge in [0.1, 0.15) is 23.6 Å². The molecule has 3 atom stereocenters. The van der Waals surface area contributed by atoms with E-state index in [1.54, 1.807) is 43.9 Å². The van der Waals surface area contributed by atoms with Gasteiger partial charge in [0.05, 0.1) is 27.8 Å². The number of rotatable bonds is 7. The number of carbonyl (C=O) groups excluding carboxylic acids is 5. The first kappa shape index (κ1) is 36.3. The highest BCUT2D eigenvalue weighted by atomic mass is 32.2. The maximum Gasteiger partial charge on any atom is 0.407 e. The number of alkyl halides is 1. The molecule has 3 saturated heterocycles. The van der Waals surface area contributed by atoms with Crippen molar-refractivity contribution in [3.63, 3.8) is 0 Å². The van der Waals surface area contributed by atoms with Crippen LogP contribution in [0.15, 0.2) is 41.3 Å². The minimum Gasteiger partial charge on any atom is -0.444 e. The smallest absolute Gasteiger partial charge is 0.407 e. The first-order valence-corrected chi connectivity index (χ1v) is 18.2. The van der Waals surface area contributed by atoms with Crippen molar-refractivity contribution in [3.05, 3.63) is 58.9 Å².